The average Bonchev–Trinajstić information content (AvgIpc) is 2.65. The number of nitrogens with zero attached hydrogens (tertiary/aromatic N) is 2. The van der Waals surface area contributed by atoms with Gasteiger partial charge >= 0.3 is 6.18 Å². The van der Waals surface area contributed by atoms with Gasteiger partial charge in [0, 0.05) is 25.4 Å². The van der Waals surface area contributed by atoms with E-state index in [1.165, 1.54) is 12.1 Å². The molecule has 0 aliphatic carbocycles. The number of anilines is 1. The number of hydrogen-bond acceptors (Lipinski definition) is 2. The lowest BCUT2D eigenvalue weighted by molar-refractivity contribution is -0.138. The molecule has 0 atom stereocenters. The smallest absolute Gasteiger partial charge is 0.399 e. The Labute approximate surface area is 102 Å². The van der Waals surface area contributed by atoms with Crippen LogP contribution in [0.15, 0.2) is 30.6 Å². The van der Waals surface area contributed by atoms with Crippen LogP contribution in [0.5, 0.6) is 0 Å². The molecular formula is C12H12F3N3. The minimum Gasteiger partial charge on any atom is -0.399 e. The number of hydrogen-bond donors (Lipinski definition) is 1. The van der Waals surface area contributed by atoms with E-state index < -0.39 is 11.7 Å². The van der Waals surface area contributed by atoms with Crippen LogP contribution in [0.1, 0.15) is 16.7 Å². The van der Waals surface area contributed by atoms with Crippen LogP contribution in [0.3, 0.4) is 0 Å². The molecule has 0 bridgehead atoms. The molecule has 96 valence electrons. The number of rotatable bonds is 2. The first-order chi connectivity index (χ1) is 8.36. The second-order valence-corrected chi connectivity index (χ2v) is 4.11. The molecule has 6 heteroatoms. The summed E-state index contributed by atoms with van der Waals surface area (Å²) < 4.78 is 40.1. The van der Waals surface area contributed by atoms with Crippen molar-refractivity contribution in [3.05, 3.63) is 47.3 Å². The van der Waals surface area contributed by atoms with Crippen molar-refractivity contribution in [1.82, 2.24) is 9.78 Å². The molecule has 0 amide bonds. The van der Waals surface area contributed by atoms with Gasteiger partial charge < -0.3 is 5.73 Å². The first-order valence-electron chi connectivity index (χ1n) is 5.29. The first-order valence-corrected chi connectivity index (χ1v) is 5.29. The number of nitrogen functional groups attached to an aromatic ring is 1. The van der Waals surface area contributed by atoms with Crippen LogP contribution in [0.4, 0.5) is 18.9 Å². The van der Waals surface area contributed by atoms with Crippen LogP contribution in [0.2, 0.25) is 0 Å². The van der Waals surface area contributed by atoms with Gasteiger partial charge in [-0.15, -0.1) is 0 Å². The average molecular weight is 255 g/mol. The third kappa shape index (κ3) is 2.64. The molecule has 1 heterocycles. The summed E-state index contributed by atoms with van der Waals surface area (Å²) in [6.45, 7) is 0. The molecule has 3 nitrogen and oxygen atoms in total. The van der Waals surface area contributed by atoms with E-state index in [0.29, 0.717) is 0 Å². The SMILES string of the molecule is Cn1cc(Cc2ccc(N)cc2C(F)(F)F)cn1. The normalized spacial score (nSPS) is 11.8. The van der Waals surface area contributed by atoms with Crippen LogP contribution < -0.4 is 5.73 Å². The van der Waals surface area contributed by atoms with E-state index in [0.717, 1.165) is 11.6 Å². The Hall–Kier alpha value is -1.98. The third-order valence-corrected chi connectivity index (χ3v) is 2.59. The standard InChI is InChI=1S/C12H12F3N3/c1-18-7-8(6-17-18)4-9-2-3-10(16)5-11(9)12(13,14)15/h2-3,5-7H,4,16H2,1H3. The van der Waals surface area contributed by atoms with Gasteiger partial charge in [0.2, 0.25) is 0 Å². The van der Waals surface area contributed by atoms with Crippen molar-refractivity contribution in [2.24, 2.45) is 7.05 Å². The minimum absolute atomic E-state index is 0.109. The van der Waals surface area contributed by atoms with Gasteiger partial charge in [0.1, 0.15) is 0 Å². The first kappa shape index (κ1) is 12.5. The van der Waals surface area contributed by atoms with Crippen molar-refractivity contribution >= 4 is 5.69 Å². The van der Waals surface area contributed by atoms with Gasteiger partial charge in [-0.2, -0.15) is 18.3 Å². The van der Waals surface area contributed by atoms with Crippen molar-refractivity contribution < 1.29 is 13.2 Å². The Morgan fingerprint density at radius 3 is 2.61 bits per heavy atom. The molecule has 0 fully saturated rings. The topological polar surface area (TPSA) is 43.8 Å². The molecule has 0 saturated carbocycles. The lowest BCUT2D eigenvalue weighted by Gasteiger charge is -2.12. The second-order valence-electron chi connectivity index (χ2n) is 4.11. The summed E-state index contributed by atoms with van der Waals surface area (Å²) in [6.07, 6.45) is -0.969. The van der Waals surface area contributed by atoms with E-state index in [4.69, 9.17) is 5.73 Å². The molecular weight excluding hydrogens is 243 g/mol. The maximum Gasteiger partial charge on any atom is 0.416 e. The number of alkyl halides is 3. The summed E-state index contributed by atoms with van der Waals surface area (Å²) in [5.74, 6) is 0. The summed E-state index contributed by atoms with van der Waals surface area (Å²) in [6, 6.07) is 3.85. The van der Waals surface area contributed by atoms with Crippen molar-refractivity contribution in [2.45, 2.75) is 12.6 Å². The predicted octanol–water partition coefficient (Wildman–Crippen LogP) is 2.61. The largest absolute Gasteiger partial charge is 0.416 e. The fourth-order valence-corrected chi connectivity index (χ4v) is 1.80. The van der Waals surface area contributed by atoms with Gasteiger partial charge in [-0.1, -0.05) is 6.07 Å². The highest BCUT2D eigenvalue weighted by atomic mass is 19.4. The lowest BCUT2D eigenvalue weighted by atomic mass is 10.0. The molecule has 0 saturated heterocycles. The number of benzene rings is 1. The maximum atomic E-state index is 12.9. The zero-order valence-electron chi connectivity index (χ0n) is 9.70. The van der Waals surface area contributed by atoms with E-state index in [2.05, 4.69) is 5.10 Å². The van der Waals surface area contributed by atoms with Gasteiger partial charge in [-0.05, 0) is 23.3 Å². The van der Waals surface area contributed by atoms with Crippen LogP contribution in [-0.2, 0) is 19.6 Å². The molecule has 0 aliphatic rings. The summed E-state index contributed by atoms with van der Waals surface area (Å²) >= 11 is 0. The van der Waals surface area contributed by atoms with Crippen molar-refractivity contribution in [3.8, 4) is 0 Å². The number of aryl methyl sites for hydroxylation is 1. The summed E-state index contributed by atoms with van der Waals surface area (Å²) in [5, 5.41) is 3.93. The Kier molecular flexibility index (Phi) is 3.02. The van der Waals surface area contributed by atoms with Crippen molar-refractivity contribution in [3.63, 3.8) is 0 Å². The zero-order valence-corrected chi connectivity index (χ0v) is 9.70. The van der Waals surface area contributed by atoms with E-state index in [1.54, 1.807) is 24.1 Å². The van der Waals surface area contributed by atoms with Gasteiger partial charge in [0.25, 0.3) is 0 Å². The fraction of sp³-hybridized carbons (Fsp3) is 0.250. The highest BCUT2D eigenvalue weighted by Crippen LogP contribution is 2.34. The lowest BCUT2D eigenvalue weighted by Crippen LogP contribution is -2.10. The van der Waals surface area contributed by atoms with Gasteiger partial charge in [-0.25, -0.2) is 0 Å². The predicted molar refractivity (Wildman–Crippen MR) is 61.9 cm³/mol. The van der Waals surface area contributed by atoms with E-state index >= 15 is 0 Å². The molecule has 1 aromatic carbocycles. The Morgan fingerprint density at radius 2 is 2.06 bits per heavy atom. The van der Waals surface area contributed by atoms with Gasteiger partial charge in [0.15, 0.2) is 0 Å². The summed E-state index contributed by atoms with van der Waals surface area (Å²) in [4.78, 5) is 0. The number of nitrogens with two attached hydrogens (primary N) is 1. The van der Waals surface area contributed by atoms with E-state index in [1.807, 2.05) is 0 Å². The van der Waals surface area contributed by atoms with Crippen LogP contribution in [-0.4, -0.2) is 9.78 Å². The van der Waals surface area contributed by atoms with Gasteiger partial charge in [0.05, 0.1) is 11.8 Å². The summed E-state index contributed by atoms with van der Waals surface area (Å²) in [7, 11) is 1.72. The Bertz CT molecular complexity index is 558. The second kappa shape index (κ2) is 4.36. The van der Waals surface area contributed by atoms with Gasteiger partial charge in [-0.3, -0.25) is 4.68 Å². The van der Waals surface area contributed by atoms with Crippen molar-refractivity contribution in [1.29, 1.82) is 0 Å². The maximum absolute atomic E-state index is 12.9. The van der Waals surface area contributed by atoms with Crippen LogP contribution in [0.25, 0.3) is 0 Å². The molecule has 2 rings (SSSR count). The Balaban J connectivity index is 2.38. The molecule has 0 unspecified atom stereocenters. The summed E-state index contributed by atoms with van der Waals surface area (Å²) in [5.41, 5.74) is 5.75. The number of aromatic nitrogens is 2. The molecule has 0 aliphatic heterocycles. The molecule has 1 aromatic heterocycles. The highest BCUT2D eigenvalue weighted by molar-refractivity contribution is 5.47. The van der Waals surface area contributed by atoms with E-state index in [9.17, 15) is 13.2 Å². The highest BCUT2D eigenvalue weighted by Gasteiger charge is 2.33. The number of halogens is 3. The molecule has 2 N–H and O–H groups in total. The Morgan fingerprint density at radius 1 is 1.33 bits per heavy atom. The van der Waals surface area contributed by atoms with Crippen molar-refractivity contribution in [2.75, 3.05) is 5.73 Å². The molecule has 18 heavy (non-hydrogen) atoms. The monoisotopic (exact) mass is 255 g/mol. The van der Waals surface area contributed by atoms with Crippen LogP contribution >= 0.6 is 0 Å². The molecule has 0 spiro atoms. The molecule has 0 radical (unpaired) electrons. The molecule has 2 aromatic rings. The minimum atomic E-state index is -4.40. The zero-order chi connectivity index (χ0) is 13.3. The van der Waals surface area contributed by atoms with Crippen LogP contribution in [0, 0.1) is 0 Å². The van der Waals surface area contributed by atoms with E-state index in [-0.39, 0.29) is 17.7 Å². The fourth-order valence-electron chi connectivity index (χ4n) is 1.80. The quantitative estimate of drug-likeness (QED) is 0.838. The third-order valence-electron chi connectivity index (χ3n) is 2.59.